The standard InChI is InChI=1S/C22H21NO4/c1-22(2)9-16-21(17(25)10-22)20(12-4-3-5-13(24)6-12)14-7-18-19(27-11-26-18)8-15(14)23-16/h3-8,20,23-24H,9-11H2,1-2H3. The molecule has 2 aromatic rings. The van der Waals surface area contributed by atoms with E-state index in [1.54, 1.807) is 12.1 Å². The van der Waals surface area contributed by atoms with Gasteiger partial charge in [-0.1, -0.05) is 26.0 Å². The molecule has 0 saturated heterocycles. The summed E-state index contributed by atoms with van der Waals surface area (Å²) in [6, 6.07) is 11.1. The van der Waals surface area contributed by atoms with E-state index in [4.69, 9.17) is 9.47 Å². The Kier molecular flexibility index (Phi) is 3.32. The van der Waals surface area contributed by atoms with Gasteiger partial charge in [0, 0.05) is 35.4 Å². The maximum Gasteiger partial charge on any atom is 0.231 e. The topological polar surface area (TPSA) is 67.8 Å². The lowest BCUT2D eigenvalue weighted by Gasteiger charge is -2.39. The molecule has 0 fully saturated rings. The Morgan fingerprint density at radius 3 is 2.67 bits per heavy atom. The van der Waals surface area contributed by atoms with Gasteiger partial charge in [0.1, 0.15) is 5.75 Å². The summed E-state index contributed by atoms with van der Waals surface area (Å²) >= 11 is 0. The second-order valence-electron chi connectivity index (χ2n) is 8.28. The van der Waals surface area contributed by atoms with E-state index in [1.165, 1.54) is 0 Å². The van der Waals surface area contributed by atoms with Crippen LogP contribution in [0.15, 0.2) is 47.7 Å². The third-order valence-corrected chi connectivity index (χ3v) is 5.55. The van der Waals surface area contributed by atoms with Crippen molar-refractivity contribution in [2.45, 2.75) is 32.6 Å². The quantitative estimate of drug-likeness (QED) is 0.790. The number of nitrogens with one attached hydrogen (secondary N) is 1. The van der Waals surface area contributed by atoms with E-state index < -0.39 is 0 Å². The van der Waals surface area contributed by atoms with Crippen LogP contribution in [0.25, 0.3) is 0 Å². The number of anilines is 1. The summed E-state index contributed by atoms with van der Waals surface area (Å²) in [6.45, 7) is 4.44. The average Bonchev–Trinajstić information content (AvgIpc) is 3.04. The fraction of sp³-hybridized carbons (Fsp3) is 0.318. The molecule has 2 heterocycles. The van der Waals surface area contributed by atoms with Gasteiger partial charge in [0.05, 0.1) is 0 Å². The Balaban J connectivity index is 1.74. The molecular formula is C22H21NO4. The van der Waals surface area contributed by atoms with Crippen LogP contribution in [0.4, 0.5) is 5.69 Å². The number of hydrogen-bond donors (Lipinski definition) is 2. The van der Waals surface area contributed by atoms with Crippen LogP contribution in [0, 0.1) is 5.41 Å². The molecule has 138 valence electrons. The average molecular weight is 363 g/mol. The molecule has 3 aliphatic rings. The Labute approximate surface area is 157 Å². The number of allylic oxidation sites excluding steroid dienone is 2. The highest BCUT2D eigenvalue weighted by Crippen LogP contribution is 2.51. The van der Waals surface area contributed by atoms with Crippen LogP contribution < -0.4 is 14.8 Å². The molecule has 5 heteroatoms. The molecule has 5 nitrogen and oxygen atoms in total. The monoisotopic (exact) mass is 363 g/mol. The van der Waals surface area contributed by atoms with E-state index in [0.29, 0.717) is 17.9 Å². The van der Waals surface area contributed by atoms with Gasteiger partial charge in [-0.25, -0.2) is 0 Å². The van der Waals surface area contributed by atoms with Gasteiger partial charge in [0.15, 0.2) is 17.3 Å². The molecule has 2 aliphatic heterocycles. The summed E-state index contributed by atoms with van der Waals surface area (Å²) in [5, 5.41) is 13.5. The number of phenolic OH excluding ortho intramolecular Hbond substituents is 1. The first kappa shape index (κ1) is 16.2. The highest BCUT2D eigenvalue weighted by molar-refractivity contribution is 6.01. The number of hydrogen-bond acceptors (Lipinski definition) is 5. The van der Waals surface area contributed by atoms with Gasteiger partial charge in [0.25, 0.3) is 0 Å². The van der Waals surface area contributed by atoms with E-state index >= 15 is 0 Å². The molecule has 1 aliphatic carbocycles. The second-order valence-corrected chi connectivity index (χ2v) is 8.28. The largest absolute Gasteiger partial charge is 0.508 e. The van der Waals surface area contributed by atoms with Crippen LogP contribution in [0.3, 0.4) is 0 Å². The smallest absolute Gasteiger partial charge is 0.231 e. The number of rotatable bonds is 1. The number of ether oxygens (including phenoxy) is 2. The minimum atomic E-state index is -0.235. The van der Waals surface area contributed by atoms with Gasteiger partial charge in [-0.3, -0.25) is 4.79 Å². The van der Waals surface area contributed by atoms with Crippen molar-refractivity contribution < 1.29 is 19.4 Å². The fourth-order valence-corrected chi connectivity index (χ4v) is 4.45. The zero-order chi connectivity index (χ0) is 18.8. The Morgan fingerprint density at radius 2 is 1.89 bits per heavy atom. The third kappa shape index (κ3) is 2.57. The molecule has 0 amide bonds. The van der Waals surface area contributed by atoms with Crippen molar-refractivity contribution >= 4 is 11.5 Å². The van der Waals surface area contributed by atoms with Gasteiger partial charge in [-0.15, -0.1) is 0 Å². The molecule has 1 atom stereocenters. The number of phenols is 1. The number of ketones is 1. The van der Waals surface area contributed by atoms with Crippen molar-refractivity contribution in [3.63, 3.8) is 0 Å². The summed E-state index contributed by atoms with van der Waals surface area (Å²) in [6.07, 6.45) is 1.32. The molecule has 0 radical (unpaired) electrons. The molecule has 5 rings (SSSR count). The van der Waals surface area contributed by atoms with E-state index in [-0.39, 0.29) is 29.7 Å². The Bertz CT molecular complexity index is 1010. The highest BCUT2D eigenvalue weighted by Gasteiger charge is 2.41. The first-order chi connectivity index (χ1) is 12.9. The van der Waals surface area contributed by atoms with Crippen molar-refractivity contribution in [2.75, 3.05) is 12.1 Å². The van der Waals surface area contributed by atoms with Gasteiger partial charge >= 0.3 is 0 Å². The minimum Gasteiger partial charge on any atom is -0.508 e. The first-order valence-corrected chi connectivity index (χ1v) is 9.17. The lowest BCUT2D eigenvalue weighted by molar-refractivity contribution is -0.118. The number of carbonyl (C=O) groups is 1. The zero-order valence-corrected chi connectivity index (χ0v) is 15.3. The predicted molar refractivity (Wildman–Crippen MR) is 101 cm³/mol. The van der Waals surface area contributed by atoms with Crippen molar-refractivity contribution in [1.82, 2.24) is 0 Å². The number of aromatic hydroxyl groups is 1. The van der Waals surface area contributed by atoms with E-state index in [2.05, 4.69) is 19.2 Å². The highest BCUT2D eigenvalue weighted by atomic mass is 16.7. The van der Waals surface area contributed by atoms with Crippen molar-refractivity contribution in [1.29, 1.82) is 0 Å². The van der Waals surface area contributed by atoms with E-state index in [0.717, 1.165) is 34.5 Å². The number of Topliss-reactive ketones (excluding diaryl/α,β-unsaturated/α-hetero) is 1. The second kappa shape index (κ2) is 5.52. The van der Waals surface area contributed by atoms with Crippen LogP contribution in [0.2, 0.25) is 0 Å². The minimum absolute atomic E-state index is 0.0832. The molecule has 0 saturated carbocycles. The normalized spacial score (nSPS) is 22.1. The maximum absolute atomic E-state index is 13.1. The molecule has 0 aromatic heterocycles. The summed E-state index contributed by atoms with van der Waals surface area (Å²) in [4.78, 5) is 13.1. The van der Waals surface area contributed by atoms with Crippen LogP contribution in [0.5, 0.6) is 17.2 Å². The number of benzene rings is 2. The third-order valence-electron chi connectivity index (χ3n) is 5.55. The van der Waals surface area contributed by atoms with Crippen LogP contribution >= 0.6 is 0 Å². The molecule has 1 unspecified atom stereocenters. The lowest BCUT2D eigenvalue weighted by Crippen LogP contribution is -2.33. The molecule has 2 aromatic carbocycles. The van der Waals surface area contributed by atoms with E-state index in [1.807, 2.05) is 24.3 Å². The maximum atomic E-state index is 13.1. The van der Waals surface area contributed by atoms with Crippen molar-refractivity contribution in [2.24, 2.45) is 5.41 Å². The van der Waals surface area contributed by atoms with Gasteiger partial charge in [-0.2, -0.15) is 0 Å². The van der Waals surface area contributed by atoms with Crippen LogP contribution in [-0.4, -0.2) is 17.7 Å². The number of fused-ring (bicyclic) bond motifs is 2. The molecule has 2 N–H and O–H groups in total. The van der Waals surface area contributed by atoms with Gasteiger partial charge in [0.2, 0.25) is 6.79 Å². The van der Waals surface area contributed by atoms with Crippen LogP contribution in [0.1, 0.15) is 43.7 Å². The first-order valence-electron chi connectivity index (χ1n) is 9.17. The van der Waals surface area contributed by atoms with Gasteiger partial charge in [-0.05, 0) is 41.2 Å². The summed E-state index contributed by atoms with van der Waals surface area (Å²) in [7, 11) is 0. The molecule has 0 bridgehead atoms. The van der Waals surface area contributed by atoms with E-state index in [9.17, 15) is 9.90 Å². The summed E-state index contributed by atoms with van der Waals surface area (Å²) in [5.41, 5.74) is 4.48. The molecule has 0 spiro atoms. The molecular weight excluding hydrogens is 342 g/mol. The predicted octanol–water partition coefficient (Wildman–Crippen LogP) is 4.32. The fourth-order valence-electron chi connectivity index (χ4n) is 4.45. The van der Waals surface area contributed by atoms with Crippen molar-refractivity contribution in [3.05, 3.63) is 58.8 Å². The Morgan fingerprint density at radius 1 is 1.11 bits per heavy atom. The summed E-state index contributed by atoms with van der Waals surface area (Å²) in [5.74, 6) is 1.51. The SMILES string of the molecule is CC1(C)CC(=O)C2=C(C1)Nc1cc3c(cc1C2c1cccc(O)c1)OCO3. The lowest BCUT2D eigenvalue weighted by atomic mass is 9.68. The molecule has 27 heavy (non-hydrogen) atoms. The summed E-state index contributed by atoms with van der Waals surface area (Å²) < 4.78 is 11.1. The van der Waals surface area contributed by atoms with Crippen LogP contribution in [-0.2, 0) is 4.79 Å². The zero-order valence-electron chi connectivity index (χ0n) is 15.3. The number of carbonyl (C=O) groups excluding carboxylic acids is 1. The van der Waals surface area contributed by atoms with Gasteiger partial charge < -0.3 is 19.9 Å². The van der Waals surface area contributed by atoms with Crippen molar-refractivity contribution in [3.8, 4) is 17.2 Å². The Hall–Kier alpha value is -2.95.